The van der Waals surface area contributed by atoms with Gasteiger partial charge in [0.1, 0.15) is 5.56 Å². The minimum absolute atomic E-state index is 0.134. The van der Waals surface area contributed by atoms with Crippen LogP contribution in [-0.2, 0) is 23.1 Å². The molecule has 0 saturated carbocycles. The van der Waals surface area contributed by atoms with E-state index in [9.17, 15) is 4.79 Å². The molecule has 0 saturated heterocycles. The number of hydrogen-bond donors (Lipinski definition) is 1. The summed E-state index contributed by atoms with van der Waals surface area (Å²) in [5.74, 6) is 0.956. The van der Waals surface area contributed by atoms with Crippen molar-refractivity contribution < 1.29 is 14.3 Å². The monoisotopic (exact) mass is 470 g/mol. The molecule has 2 heterocycles. The number of aromatic nitrogens is 5. The zero-order valence-corrected chi connectivity index (χ0v) is 18.9. The summed E-state index contributed by atoms with van der Waals surface area (Å²) in [6.07, 6.45) is 1.80. The first-order valence-corrected chi connectivity index (χ1v) is 10.5. The number of thioether (sulfide) groups is 1. The van der Waals surface area contributed by atoms with Crippen molar-refractivity contribution >= 4 is 46.6 Å². The van der Waals surface area contributed by atoms with Gasteiger partial charge < -0.3 is 14.8 Å². The molecule has 0 radical (unpaired) electrons. The average molecular weight is 471 g/mol. The summed E-state index contributed by atoms with van der Waals surface area (Å²) in [4.78, 5) is 12.4. The van der Waals surface area contributed by atoms with Crippen molar-refractivity contribution in [1.29, 1.82) is 0 Å². The van der Waals surface area contributed by atoms with Gasteiger partial charge in [0.2, 0.25) is 11.8 Å². The first-order chi connectivity index (χ1) is 14.4. The van der Waals surface area contributed by atoms with Gasteiger partial charge >= 0.3 is 0 Å². The Morgan fingerprint density at radius 2 is 2.03 bits per heavy atom. The quantitative estimate of drug-likeness (QED) is 0.478. The molecule has 0 unspecified atom stereocenters. The predicted molar refractivity (Wildman–Crippen MR) is 116 cm³/mol. The lowest BCUT2D eigenvalue weighted by Crippen LogP contribution is -2.15. The summed E-state index contributed by atoms with van der Waals surface area (Å²) in [5, 5.41) is 17.0. The van der Waals surface area contributed by atoms with Crippen molar-refractivity contribution in [1.82, 2.24) is 24.5 Å². The number of nitrogens with zero attached hydrogens (tertiary/aromatic N) is 5. The number of benzene rings is 1. The van der Waals surface area contributed by atoms with Gasteiger partial charge in [0.25, 0.3) is 0 Å². The Bertz CT molecular complexity index is 1040. The van der Waals surface area contributed by atoms with Gasteiger partial charge in [0.05, 0.1) is 36.1 Å². The molecule has 3 rings (SSSR count). The highest BCUT2D eigenvalue weighted by atomic mass is 35.5. The van der Waals surface area contributed by atoms with E-state index in [0.29, 0.717) is 51.3 Å². The van der Waals surface area contributed by atoms with Gasteiger partial charge in [-0.1, -0.05) is 35.0 Å². The molecule has 3 aromatic rings. The van der Waals surface area contributed by atoms with Crippen LogP contribution in [0.1, 0.15) is 0 Å². The van der Waals surface area contributed by atoms with Gasteiger partial charge in [0, 0.05) is 26.0 Å². The summed E-state index contributed by atoms with van der Waals surface area (Å²) >= 11 is 13.2. The Labute approximate surface area is 187 Å². The molecule has 0 aliphatic heterocycles. The number of nitrogens with one attached hydrogen (secondary N) is 1. The number of methoxy groups -OCH3 is 2. The van der Waals surface area contributed by atoms with Crippen molar-refractivity contribution in [2.24, 2.45) is 7.05 Å². The Kier molecular flexibility index (Phi) is 7.59. The number of carbonyl (C=O) groups is 1. The van der Waals surface area contributed by atoms with E-state index in [1.165, 1.54) is 11.8 Å². The average Bonchev–Trinajstić information content (AvgIpc) is 3.29. The van der Waals surface area contributed by atoms with E-state index in [1.54, 1.807) is 50.3 Å². The lowest BCUT2D eigenvalue weighted by molar-refractivity contribution is -0.113. The van der Waals surface area contributed by atoms with Gasteiger partial charge in [-0.2, -0.15) is 0 Å². The zero-order chi connectivity index (χ0) is 21.7. The largest absolute Gasteiger partial charge is 0.479 e. The van der Waals surface area contributed by atoms with Crippen molar-refractivity contribution in [2.45, 2.75) is 11.7 Å². The molecule has 0 aliphatic carbocycles. The highest BCUT2D eigenvalue weighted by Gasteiger charge is 2.21. The third-order valence-corrected chi connectivity index (χ3v) is 5.71. The van der Waals surface area contributed by atoms with Crippen LogP contribution >= 0.6 is 35.0 Å². The predicted octanol–water partition coefficient (Wildman–Crippen LogP) is 3.37. The Morgan fingerprint density at radius 3 is 2.73 bits per heavy atom. The third kappa shape index (κ3) is 5.25. The van der Waals surface area contributed by atoms with Gasteiger partial charge in [-0.15, -0.1) is 15.3 Å². The number of hydrogen-bond acceptors (Lipinski definition) is 7. The lowest BCUT2D eigenvalue weighted by Gasteiger charge is -2.10. The van der Waals surface area contributed by atoms with Crippen molar-refractivity contribution in [3.63, 3.8) is 0 Å². The second-order valence-corrected chi connectivity index (χ2v) is 7.90. The third-order valence-electron chi connectivity index (χ3n) is 4.00. The first-order valence-electron chi connectivity index (χ1n) is 8.80. The number of anilines is 1. The minimum atomic E-state index is -0.208. The molecule has 0 aliphatic rings. The molecule has 2 aromatic heterocycles. The normalized spacial score (nSPS) is 11.0. The van der Waals surface area contributed by atoms with Gasteiger partial charge in [0.15, 0.2) is 11.0 Å². The van der Waals surface area contributed by atoms with Crippen molar-refractivity contribution in [3.05, 3.63) is 34.4 Å². The van der Waals surface area contributed by atoms with E-state index in [2.05, 4.69) is 20.6 Å². The number of aryl methyl sites for hydroxylation is 1. The highest BCUT2D eigenvalue weighted by molar-refractivity contribution is 7.99. The van der Waals surface area contributed by atoms with E-state index < -0.39 is 0 Å². The second-order valence-electron chi connectivity index (χ2n) is 6.14. The molecular weight excluding hydrogens is 451 g/mol. The van der Waals surface area contributed by atoms with E-state index in [1.807, 2.05) is 4.57 Å². The fourth-order valence-electron chi connectivity index (χ4n) is 2.65. The minimum Gasteiger partial charge on any atom is -0.479 e. The van der Waals surface area contributed by atoms with Crippen LogP contribution < -0.4 is 10.1 Å². The van der Waals surface area contributed by atoms with Gasteiger partial charge in [-0.3, -0.25) is 14.0 Å². The van der Waals surface area contributed by atoms with Crippen LogP contribution in [0.4, 0.5) is 5.69 Å². The molecule has 0 bridgehead atoms. The first kappa shape index (κ1) is 22.4. The molecule has 0 fully saturated rings. The Hall–Kier alpha value is -2.27. The maximum absolute atomic E-state index is 12.4. The van der Waals surface area contributed by atoms with Crippen LogP contribution in [0.5, 0.6) is 5.88 Å². The zero-order valence-electron chi connectivity index (χ0n) is 16.6. The second kappa shape index (κ2) is 10.2. The topological polar surface area (TPSA) is 96.1 Å². The van der Waals surface area contributed by atoms with Crippen molar-refractivity contribution in [2.75, 3.05) is 31.9 Å². The number of rotatable bonds is 9. The molecule has 0 atom stereocenters. The summed E-state index contributed by atoms with van der Waals surface area (Å²) in [6.45, 7) is 0.963. The molecule has 1 amide bonds. The Morgan fingerprint density at radius 1 is 1.23 bits per heavy atom. The summed E-state index contributed by atoms with van der Waals surface area (Å²) < 4.78 is 14.1. The SMILES string of the molecule is COCCn1c(SCC(=O)Nc2ccc(Cl)c(Cl)c2)nnc1-c1cn(C)nc1OC. The molecule has 1 aromatic carbocycles. The van der Waals surface area contributed by atoms with E-state index in [0.717, 1.165) is 0 Å². The summed E-state index contributed by atoms with van der Waals surface area (Å²) in [5.41, 5.74) is 1.27. The van der Waals surface area contributed by atoms with E-state index in [-0.39, 0.29) is 11.7 Å². The molecule has 1 N–H and O–H groups in total. The standard InChI is InChI=1S/C18H20Cl2N6O3S/c1-25-9-12(17(24-25)29-3)16-22-23-18(26(16)6-7-28-2)30-10-15(27)21-11-4-5-13(19)14(20)8-11/h4-5,8-9H,6-7,10H2,1-3H3,(H,21,27). The fraction of sp³-hybridized carbons (Fsp3) is 0.333. The summed E-state index contributed by atoms with van der Waals surface area (Å²) in [6, 6.07) is 4.91. The summed E-state index contributed by atoms with van der Waals surface area (Å²) in [7, 11) is 4.96. The molecule has 0 spiro atoms. The van der Waals surface area contributed by atoms with Crippen LogP contribution in [-0.4, -0.2) is 57.0 Å². The highest BCUT2D eigenvalue weighted by Crippen LogP contribution is 2.30. The van der Waals surface area contributed by atoms with Crippen LogP contribution in [0.25, 0.3) is 11.4 Å². The fourth-order valence-corrected chi connectivity index (χ4v) is 3.71. The molecule has 160 valence electrons. The molecule has 9 nitrogen and oxygen atoms in total. The van der Waals surface area contributed by atoms with Crippen LogP contribution in [0.15, 0.2) is 29.6 Å². The van der Waals surface area contributed by atoms with Gasteiger partial charge in [-0.05, 0) is 18.2 Å². The maximum Gasteiger partial charge on any atom is 0.243 e. The van der Waals surface area contributed by atoms with E-state index >= 15 is 0 Å². The maximum atomic E-state index is 12.4. The van der Waals surface area contributed by atoms with E-state index in [4.69, 9.17) is 32.7 Å². The molecule has 12 heteroatoms. The lowest BCUT2D eigenvalue weighted by atomic mass is 10.3. The van der Waals surface area contributed by atoms with Crippen LogP contribution in [0.3, 0.4) is 0 Å². The number of halogens is 2. The Balaban J connectivity index is 1.75. The van der Waals surface area contributed by atoms with Crippen LogP contribution in [0.2, 0.25) is 10.0 Å². The number of carbonyl (C=O) groups excluding carboxylic acids is 1. The number of amides is 1. The number of ether oxygens (including phenoxy) is 2. The molecule has 30 heavy (non-hydrogen) atoms. The van der Waals surface area contributed by atoms with Crippen molar-refractivity contribution in [3.8, 4) is 17.3 Å². The molecular formula is C18H20Cl2N6O3S. The van der Waals surface area contributed by atoms with Crippen LogP contribution in [0, 0.1) is 0 Å². The van der Waals surface area contributed by atoms with Gasteiger partial charge in [-0.25, -0.2) is 0 Å². The smallest absolute Gasteiger partial charge is 0.243 e.